The third kappa shape index (κ3) is 5.50. The second-order valence-corrected chi connectivity index (χ2v) is 8.54. The molecule has 4 aromatic rings. The fourth-order valence-electron chi connectivity index (χ4n) is 4.26. The lowest BCUT2D eigenvalue weighted by atomic mass is 9.82. The van der Waals surface area contributed by atoms with Crippen molar-refractivity contribution in [2.24, 2.45) is 14.1 Å². The number of fused-ring (bicyclic) bond motifs is 2. The van der Waals surface area contributed by atoms with Gasteiger partial charge in [-0.15, -0.1) is 0 Å². The van der Waals surface area contributed by atoms with Crippen LogP contribution < -0.4 is 67.7 Å². The summed E-state index contributed by atoms with van der Waals surface area (Å²) in [5, 5.41) is 5.55. The number of benzene rings is 2. The highest BCUT2D eigenvalue weighted by Gasteiger charge is 2.35. The van der Waals surface area contributed by atoms with Crippen LogP contribution in [0.15, 0.2) is 85.5 Å². The molecule has 1 aliphatic rings. The van der Waals surface area contributed by atoms with Gasteiger partial charge in [-0.2, -0.15) is 0 Å². The van der Waals surface area contributed by atoms with Crippen molar-refractivity contribution in [1.82, 2.24) is 0 Å². The molecule has 2 amide bonds. The first-order valence-electron chi connectivity index (χ1n) is 11.2. The van der Waals surface area contributed by atoms with Gasteiger partial charge in [0.05, 0.1) is 22.5 Å². The number of hydrogen-bond donors (Lipinski definition) is 2. The number of anilines is 2. The molecule has 8 nitrogen and oxygen atoms in total. The minimum absolute atomic E-state index is 0. The Balaban J connectivity index is 0.00000200. The van der Waals surface area contributed by atoms with Crippen LogP contribution in [0.5, 0.6) is 0 Å². The molecule has 192 valence electrons. The van der Waals surface area contributed by atoms with Crippen molar-refractivity contribution >= 4 is 34.8 Å². The van der Waals surface area contributed by atoms with Crippen LogP contribution in [0.4, 0.5) is 11.4 Å². The molecule has 0 aliphatic heterocycles. The number of carbonyl (C=O) groups excluding carboxylic acids is 4. The van der Waals surface area contributed by atoms with Gasteiger partial charge in [0, 0.05) is 23.3 Å². The van der Waals surface area contributed by atoms with E-state index in [1.165, 1.54) is 12.1 Å². The van der Waals surface area contributed by atoms with Crippen LogP contribution >= 0.6 is 0 Å². The van der Waals surface area contributed by atoms with Crippen LogP contribution in [-0.4, -0.2) is 23.4 Å². The van der Waals surface area contributed by atoms with Crippen LogP contribution in [0.2, 0.25) is 0 Å². The summed E-state index contributed by atoms with van der Waals surface area (Å²) in [7, 11) is 3.59. The average Bonchev–Trinajstić information content (AvgIpc) is 2.88. The Hall–Kier alpha value is -3.52. The van der Waals surface area contributed by atoms with Crippen LogP contribution in [0, 0.1) is 0 Å². The molecular formula is C28H22I2N4O4. The van der Waals surface area contributed by atoms with Crippen molar-refractivity contribution < 1.29 is 76.3 Å². The first-order chi connectivity index (χ1) is 17.3. The number of rotatable bonds is 4. The van der Waals surface area contributed by atoms with E-state index in [-0.39, 0.29) is 81.6 Å². The Kier molecular flexibility index (Phi) is 9.09. The molecule has 5 rings (SSSR count). The molecule has 0 radical (unpaired) electrons. The summed E-state index contributed by atoms with van der Waals surface area (Å²) in [6.07, 6.45) is 6.89. The van der Waals surface area contributed by atoms with Gasteiger partial charge >= 0.3 is 0 Å². The lowest BCUT2D eigenvalue weighted by molar-refractivity contribution is -0.671. The summed E-state index contributed by atoms with van der Waals surface area (Å²) < 4.78 is 3.47. The Labute approximate surface area is 253 Å². The molecule has 0 fully saturated rings. The quantitative estimate of drug-likeness (QED) is 0.149. The molecule has 0 saturated carbocycles. The normalized spacial score (nSPS) is 11.3. The summed E-state index contributed by atoms with van der Waals surface area (Å²) >= 11 is 0. The third-order valence-corrected chi connectivity index (χ3v) is 5.98. The first kappa shape index (κ1) is 29.0. The standard InChI is InChI=1S/C28H20N4O4.2HI/c1-31-13-5-7-17(15-31)27(35)29-21-11-12-22(30-28(36)18-8-6-14-32(2)16-18)24-23(21)25(33)19-9-3-4-10-20(19)26(24)34;;/h3-16H,1-2H3;2*1H. The number of aryl methyl sites for hydroxylation is 2. The molecule has 0 spiro atoms. The highest BCUT2D eigenvalue weighted by Crippen LogP contribution is 2.37. The predicted molar refractivity (Wildman–Crippen MR) is 131 cm³/mol. The zero-order valence-electron chi connectivity index (χ0n) is 20.4. The molecule has 10 heteroatoms. The van der Waals surface area contributed by atoms with Crippen molar-refractivity contribution in [3.8, 4) is 0 Å². The summed E-state index contributed by atoms with van der Waals surface area (Å²) in [4.78, 5) is 53.1. The van der Waals surface area contributed by atoms with Crippen molar-refractivity contribution in [2.45, 2.75) is 0 Å². The Morgan fingerprint density at radius 3 is 1.37 bits per heavy atom. The number of carbonyl (C=O) groups is 4. The first-order valence-corrected chi connectivity index (χ1v) is 11.2. The van der Waals surface area contributed by atoms with E-state index in [9.17, 15) is 19.2 Å². The maximum atomic E-state index is 13.6. The molecule has 0 bridgehead atoms. The Morgan fingerprint density at radius 1 is 0.605 bits per heavy atom. The van der Waals surface area contributed by atoms with E-state index >= 15 is 0 Å². The van der Waals surface area contributed by atoms with Gasteiger partial charge in [0.15, 0.2) is 36.4 Å². The summed E-state index contributed by atoms with van der Waals surface area (Å²) in [6.45, 7) is 0. The minimum Gasteiger partial charge on any atom is -1.00 e. The SMILES string of the molecule is C[n+]1cccc(C(=O)Nc2ccc(NC(=O)c3ccc[n+](C)c3)c3c2C(=O)c2ccccc2C3=O)c1.[I-].[I-]. The Bertz CT molecular complexity index is 1490. The smallest absolute Gasteiger partial charge is 0.261 e. The van der Waals surface area contributed by atoms with Gasteiger partial charge in [0.25, 0.3) is 11.8 Å². The lowest BCUT2D eigenvalue weighted by Crippen LogP contribution is -3.00. The molecule has 2 aromatic carbocycles. The van der Waals surface area contributed by atoms with E-state index in [4.69, 9.17) is 0 Å². The Morgan fingerprint density at radius 2 is 1.00 bits per heavy atom. The number of amides is 2. The van der Waals surface area contributed by atoms with E-state index in [0.29, 0.717) is 11.1 Å². The van der Waals surface area contributed by atoms with Gasteiger partial charge < -0.3 is 58.6 Å². The molecule has 1 aliphatic carbocycles. The van der Waals surface area contributed by atoms with Gasteiger partial charge in [0.2, 0.25) is 0 Å². The molecular weight excluding hydrogens is 710 g/mol. The minimum atomic E-state index is -0.430. The van der Waals surface area contributed by atoms with Crippen LogP contribution in [0.25, 0.3) is 0 Å². The number of nitrogens with zero attached hydrogens (tertiary/aromatic N) is 2. The maximum Gasteiger partial charge on any atom is 0.261 e. The number of nitrogens with one attached hydrogen (secondary N) is 2. The van der Waals surface area contributed by atoms with Gasteiger partial charge in [0.1, 0.15) is 25.2 Å². The number of pyridine rings is 2. The number of halogens is 2. The van der Waals surface area contributed by atoms with Crippen LogP contribution in [0.1, 0.15) is 52.6 Å². The average molecular weight is 732 g/mol. The number of hydrogen-bond acceptors (Lipinski definition) is 4. The predicted octanol–water partition coefficient (Wildman–Crippen LogP) is -3.38. The van der Waals surface area contributed by atoms with Crippen molar-refractivity contribution in [1.29, 1.82) is 0 Å². The van der Waals surface area contributed by atoms with E-state index in [0.717, 1.165) is 0 Å². The molecule has 0 atom stereocenters. The second-order valence-electron chi connectivity index (χ2n) is 8.54. The zero-order valence-corrected chi connectivity index (χ0v) is 24.7. The van der Waals surface area contributed by atoms with Gasteiger partial charge in [-0.3, -0.25) is 19.2 Å². The lowest BCUT2D eigenvalue weighted by Gasteiger charge is -2.23. The van der Waals surface area contributed by atoms with Crippen LogP contribution in [-0.2, 0) is 14.1 Å². The second kappa shape index (κ2) is 11.9. The highest BCUT2D eigenvalue weighted by atomic mass is 127. The zero-order chi connectivity index (χ0) is 25.4. The van der Waals surface area contributed by atoms with Crippen molar-refractivity contribution in [3.63, 3.8) is 0 Å². The summed E-state index contributed by atoms with van der Waals surface area (Å²) in [5.41, 5.74) is 1.74. The number of ketones is 2. The molecule has 2 heterocycles. The molecule has 2 aromatic heterocycles. The number of aromatic nitrogens is 2. The van der Waals surface area contributed by atoms with E-state index in [2.05, 4.69) is 10.6 Å². The van der Waals surface area contributed by atoms with E-state index in [1.54, 1.807) is 96.5 Å². The molecule has 2 N–H and O–H groups in total. The molecule has 38 heavy (non-hydrogen) atoms. The third-order valence-electron chi connectivity index (χ3n) is 5.98. The maximum absolute atomic E-state index is 13.6. The van der Waals surface area contributed by atoms with Gasteiger partial charge in [-0.25, -0.2) is 9.13 Å². The highest BCUT2D eigenvalue weighted by molar-refractivity contribution is 6.33. The van der Waals surface area contributed by atoms with Crippen molar-refractivity contribution in [2.75, 3.05) is 10.6 Å². The summed E-state index contributed by atoms with van der Waals surface area (Å²) in [6, 6.07) is 16.3. The van der Waals surface area contributed by atoms with Crippen molar-refractivity contribution in [3.05, 3.63) is 119 Å². The topological polar surface area (TPSA) is 100 Å². The van der Waals surface area contributed by atoms with Gasteiger partial charge in [-0.1, -0.05) is 24.3 Å². The van der Waals surface area contributed by atoms with Crippen LogP contribution in [0.3, 0.4) is 0 Å². The van der Waals surface area contributed by atoms with E-state index in [1.807, 2.05) is 0 Å². The largest absolute Gasteiger partial charge is 1.00 e. The summed E-state index contributed by atoms with van der Waals surface area (Å²) in [5.74, 6) is -1.67. The molecule has 0 saturated heterocycles. The molecule has 0 unspecified atom stereocenters. The fourth-order valence-corrected chi connectivity index (χ4v) is 4.26. The monoisotopic (exact) mass is 732 g/mol. The van der Waals surface area contributed by atoms with E-state index < -0.39 is 23.4 Å². The van der Waals surface area contributed by atoms with Gasteiger partial charge in [-0.05, 0) is 24.3 Å². The fraction of sp³-hybridized carbons (Fsp3) is 0.0714.